The summed E-state index contributed by atoms with van der Waals surface area (Å²) in [5.74, 6) is 0.791. The molecule has 0 aliphatic heterocycles. The first-order chi connectivity index (χ1) is 14.7. The van der Waals surface area contributed by atoms with Gasteiger partial charge in [0, 0.05) is 17.1 Å². The van der Waals surface area contributed by atoms with Gasteiger partial charge in [-0.05, 0) is 42.8 Å². The summed E-state index contributed by atoms with van der Waals surface area (Å²) in [6.07, 6.45) is 10.3. The topological polar surface area (TPSA) is 46.9 Å². The third-order valence-corrected chi connectivity index (χ3v) is 5.73. The van der Waals surface area contributed by atoms with E-state index < -0.39 is 0 Å². The van der Waals surface area contributed by atoms with E-state index in [0.29, 0.717) is 17.1 Å². The normalized spacial score (nSPS) is 11.1. The van der Waals surface area contributed by atoms with E-state index in [9.17, 15) is 4.79 Å². The van der Waals surface area contributed by atoms with Gasteiger partial charge in [-0.25, -0.2) is 4.98 Å². The Kier molecular flexibility index (Phi) is 8.76. The minimum atomic E-state index is -0.114. The van der Waals surface area contributed by atoms with E-state index in [-0.39, 0.29) is 5.91 Å². The van der Waals surface area contributed by atoms with Crippen LogP contribution in [-0.4, -0.2) is 15.5 Å². The zero-order valence-electron chi connectivity index (χ0n) is 17.9. The van der Waals surface area contributed by atoms with Crippen molar-refractivity contribution in [2.75, 3.05) is 0 Å². The standard InChI is InChI=1S/C25H32ClN3O/c1-2-3-4-5-6-7-8-11-18-29-23-13-10-9-12-22(23)28-24(29)19-27-25(30)20-14-16-21(26)17-15-20/h9-10,12-17H,2-8,11,18-19H2,1H3,(H,27,30). The highest BCUT2D eigenvalue weighted by atomic mass is 35.5. The van der Waals surface area contributed by atoms with Crippen LogP contribution in [0.5, 0.6) is 0 Å². The molecule has 0 aliphatic carbocycles. The van der Waals surface area contributed by atoms with E-state index in [2.05, 4.69) is 22.9 Å². The summed E-state index contributed by atoms with van der Waals surface area (Å²) in [5.41, 5.74) is 2.72. The number of benzene rings is 2. The second kappa shape index (κ2) is 11.8. The minimum absolute atomic E-state index is 0.114. The van der Waals surface area contributed by atoms with Crippen LogP contribution >= 0.6 is 11.6 Å². The van der Waals surface area contributed by atoms with Crippen molar-refractivity contribution in [3.63, 3.8) is 0 Å². The van der Waals surface area contributed by atoms with Gasteiger partial charge in [-0.1, -0.05) is 75.6 Å². The molecule has 0 saturated carbocycles. The molecule has 5 heteroatoms. The summed E-state index contributed by atoms with van der Waals surface area (Å²) in [6, 6.07) is 15.1. The zero-order valence-corrected chi connectivity index (χ0v) is 18.6. The van der Waals surface area contributed by atoms with Gasteiger partial charge >= 0.3 is 0 Å². The van der Waals surface area contributed by atoms with E-state index in [1.165, 1.54) is 44.9 Å². The van der Waals surface area contributed by atoms with Crippen molar-refractivity contribution in [2.45, 2.75) is 71.4 Å². The average molecular weight is 426 g/mol. The quantitative estimate of drug-likeness (QED) is 0.326. The Morgan fingerprint density at radius 1 is 0.933 bits per heavy atom. The summed E-state index contributed by atoms with van der Waals surface area (Å²) >= 11 is 5.91. The highest BCUT2D eigenvalue weighted by molar-refractivity contribution is 6.30. The number of para-hydroxylation sites is 2. The first kappa shape index (κ1) is 22.4. The second-order valence-corrected chi connectivity index (χ2v) is 8.27. The molecule has 0 saturated heterocycles. The number of carbonyl (C=O) groups is 1. The smallest absolute Gasteiger partial charge is 0.251 e. The Labute approximate surface area is 184 Å². The highest BCUT2D eigenvalue weighted by Gasteiger charge is 2.12. The van der Waals surface area contributed by atoms with Crippen LogP contribution in [0.3, 0.4) is 0 Å². The molecule has 3 rings (SSSR count). The fraction of sp³-hybridized carbons (Fsp3) is 0.440. The number of aromatic nitrogens is 2. The first-order valence-electron chi connectivity index (χ1n) is 11.2. The largest absolute Gasteiger partial charge is 0.345 e. The molecule has 0 atom stereocenters. The van der Waals surface area contributed by atoms with Crippen molar-refractivity contribution in [1.82, 2.24) is 14.9 Å². The first-order valence-corrected chi connectivity index (χ1v) is 11.5. The Hall–Kier alpha value is -2.33. The Bertz CT molecular complexity index is 933. The lowest BCUT2D eigenvalue weighted by Gasteiger charge is -2.10. The summed E-state index contributed by atoms with van der Waals surface area (Å²) in [5, 5.41) is 3.62. The van der Waals surface area contributed by atoms with E-state index in [0.717, 1.165) is 29.8 Å². The lowest BCUT2D eigenvalue weighted by molar-refractivity contribution is 0.0949. The molecular weight excluding hydrogens is 394 g/mol. The van der Waals surface area contributed by atoms with Gasteiger partial charge in [0.15, 0.2) is 0 Å². The fourth-order valence-electron chi connectivity index (χ4n) is 3.78. The van der Waals surface area contributed by atoms with Crippen LogP contribution in [0.25, 0.3) is 11.0 Å². The maximum Gasteiger partial charge on any atom is 0.251 e. The van der Waals surface area contributed by atoms with Crippen LogP contribution in [0.15, 0.2) is 48.5 Å². The molecule has 0 unspecified atom stereocenters. The van der Waals surface area contributed by atoms with Gasteiger partial charge in [0.05, 0.1) is 17.6 Å². The predicted octanol–water partition coefficient (Wildman–Crippen LogP) is 6.76. The molecule has 4 nitrogen and oxygen atoms in total. The van der Waals surface area contributed by atoms with Gasteiger partial charge < -0.3 is 9.88 Å². The molecule has 1 heterocycles. The number of rotatable bonds is 12. The van der Waals surface area contributed by atoms with Gasteiger partial charge in [-0.3, -0.25) is 4.79 Å². The van der Waals surface area contributed by atoms with Crippen molar-refractivity contribution < 1.29 is 4.79 Å². The summed E-state index contributed by atoms with van der Waals surface area (Å²) in [7, 11) is 0. The number of nitrogens with one attached hydrogen (secondary N) is 1. The van der Waals surface area contributed by atoms with Gasteiger partial charge in [0.1, 0.15) is 5.82 Å². The van der Waals surface area contributed by atoms with Gasteiger partial charge in [0.25, 0.3) is 5.91 Å². The predicted molar refractivity (Wildman–Crippen MR) is 125 cm³/mol. The molecule has 0 fully saturated rings. The molecule has 1 N–H and O–H groups in total. The van der Waals surface area contributed by atoms with Crippen molar-refractivity contribution >= 4 is 28.5 Å². The number of amides is 1. The number of halogens is 1. The molecule has 1 amide bonds. The molecule has 3 aromatic rings. The maximum atomic E-state index is 12.5. The van der Waals surface area contributed by atoms with E-state index in [1.54, 1.807) is 24.3 Å². The fourth-order valence-corrected chi connectivity index (χ4v) is 3.90. The van der Waals surface area contributed by atoms with Gasteiger partial charge in [-0.2, -0.15) is 0 Å². The molecule has 0 radical (unpaired) electrons. The van der Waals surface area contributed by atoms with E-state index >= 15 is 0 Å². The minimum Gasteiger partial charge on any atom is -0.345 e. The number of unbranched alkanes of at least 4 members (excludes halogenated alkanes) is 7. The number of carbonyl (C=O) groups excluding carboxylic acids is 1. The highest BCUT2D eigenvalue weighted by Crippen LogP contribution is 2.18. The molecular formula is C25H32ClN3O. The molecule has 160 valence electrons. The van der Waals surface area contributed by atoms with Crippen molar-refractivity contribution in [3.8, 4) is 0 Å². The molecule has 0 bridgehead atoms. The van der Waals surface area contributed by atoms with E-state index in [1.807, 2.05) is 18.2 Å². The average Bonchev–Trinajstić information content (AvgIpc) is 3.12. The van der Waals surface area contributed by atoms with Crippen molar-refractivity contribution in [1.29, 1.82) is 0 Å². The Morgan fingerprint density at radius 2 is 1.60 bits per heavy atom. The van der Waals surface area contributed by atoms with Crippen LogP contribution in [0.2, 0.25) is 5.02 Å². The maximum absolute atomic E-state index is 12.5. The molecule has 0 aliphatic rings. The number of fused-ring (bicyclic) bond motifs is 1. The van der Waals surface area contributed by atoms with Gasteiger partial charge in [-0.15, -0.1) is 0 Å². The number of imidazole rings is 1. The van der Waals surface area contributed by atoms with Crippen LogP contribution in [0, 0.1) is 0 Å². The molecule has 2 aromatic carbocycles. The van der Waals surface area contributed by atoms with Crippen molar-refractivity contribution in [2.24, 2.45) is 0 Å². The van der Waals surface area contributed by atoms with Crippen molar-refractivity contribution in [3.05, 3.63) is 64.9 Å². The zero-order chi connectivity index (χ0) is 21.2. The van der Waals surface area contributed by atoms with Crippen LogP contribution in [-0.2, 0) is 13.1 Å². The second-order valence-electron chi connectivity index (χ2n) is 7.83. The number of nitrogens with zero attached hydrogens (tertiary/aromatic N) is 2. The van der Waals surface area contributed by atoms with Crippen LogP contribution < -0.4 is 5.32 Å². The number of hydrogen-bond donors (Lipinski definition) is 1. The molecule has 30 heavy (non-hydrogen) atoms. The van der Waals surface area contributed by atoms with Crippen LogP contribution in [0.4, 0.5) is 0 Å². The number of aryl methyl sites for hydroxylation is 1. The number of hydrogen-bond acceptors (Lipinski definition) is 2. The van der Waals surface area contributed by atoms with Crippen LogP contribution in [0.1, 0.15) is 74.5 Å². The Morgan fingerprint density at radius 3 is 2.33 bits per heavy atom. The lowest BCUT2D eigenvalue weighted by atomic mass is 10.1. The van der Waals surface area contributed by atoms with Gasteiger partial charge in [0.2, 0.25) is 0 Å². The Balaban J connectivity index is 1.57. The third-order valence-electron chi connectivity index (χ3n) is 5.48. The molecule has 1 aromatic heterocycles. The lowest BCUT2D eigenvalue weighted by Crippen LogP contribution is -2.24. The summed E-state index contributed by atoms with van der Waals surface area (Å²) in [4.78, 5) is 17.2. The summed E-state index contributed by atoms with van der Waals surface area (Å²) < 4.78 is 2.26. The van der Waals surface area contributed by atoms with E-state index in [4.69, 9.17) is 16.6 Å². The summed E-state index contributed by atoms with van der Waals surface area (Å²) in [6.45, 7) is 3.60. The molecule has 0 spiro atoms. The third kappa shape index (κ3) is 6.33. The SMILES string of the molecule is CCCCCCCCCCn1c(CNC(=O)c2ccc(Cl)cc2)nc2ccccc21. The monoisotopic (exact) mass is 425 g/mol.